The van der Waals surface area contributed by atoms with Gasteiger partial charge < -0.3 is 9.84 Å². The van der Waals surface area contributed by atoms with E-state index in [-0.39, 0.29) is 17.6 Å². The smallest absolute Gasteiger partial charge is 0.266 e. The van der Waals surface area contributed by atoms with Crippen molar-refractivity contribution in [2.75, 3.05) is 13.2 Å². The zero-order valence-electron chi connectivity index (χ0n) is 16.6. The van der Waals surface area contributed by atoms with Gasteiger partial charge in [-0.05, 0) is 61.0 Å². The summed E-state index contributed by atoms with van der Waals surface area (Å²) in [7, 11) is 0. The monoisotopic (exact) mass is 430 g/mol. The van der Waals surface area contributed by atoms with Gasteiger partial charge in [-0.1, -0.05) is 37.6 Å². The number of phenolic OH excluding ortho intramolecular Hbond substituents is 1. The molecule has 0 atom stereocenters. The SMILES string of the molecule is CCOc1cccc(/C=C2\SC(=Nc3ccc(Cl)cc3)N(CC(C)C)C2=O)c1O. The standard InChI is InChI=1S/C22H23ClN2O3S/c1-4-28-18-7-5-6-15(20(18)26)12-19-21(27)25(13-14(2)3)22(29-19)24-17-10-8-16(23)9-11-17/h5-12,14,26H,4,13H2,1-3H3/b19-12-,24-22?. The van der Waals surface area contributed by atoms with Gasteiger partial charge in [-0.2, -0.15) is 0 Å². The Kier molecular flexibility index (Phi) is 6.87. The number of nitrogens with zero attached hydrogens (tertiary/aromatic N) is 2. The van der Waals surface area contributed by atoms with Crippen LogP contribution in [0.25, 0.3) is 6.08 Å². The fourth-order valence-corrected chi connectivity index (χ4v) is 3.94. The molecule has 1 fully saturated rings. The van der Waals surface area contributed by atoms with Gasteiger partial charge in [0, 0.05) is 17.1 Å². The number of hydrogen-bond acceptors (Lipinski definition) is 5. The quantitative estimate of drug-likeness (QED) is 0.596. The minimum Gasteiger partial charge on any atom is -0.504 e. The zero-order valence-corrected chi connectivity index (χ0v) is 18.1. The van der Waals surface area contributed by atoms with Crippen LogP contribution in [0.4, 0.5) is 5.69 Å². The van der Waals surface area contributed by atoms with Gasteiger partial charge in [-0.25, -0.2) is 4.99 Å². The highest BCUT2D eigenvalue weighted by atomic mass is 35.5. The molecule has 1 heterocycles. The highest BCUT2D eigenvalue weighted by Gasteiger charge is 2.34. The van der Waals surface area contributed by atoms with E-state index in [0.29, 0.717) is 39.6 Å². The molecule has 0 bridgehead atoms. The Hall–Kier alpha value is -2.44. The molecule has 1 aliphatic heterocycles. The van der Waals surface area contributed by atoms with Crippen LogP contribution in [-0.2, 0) is 4.79 Å². The summed E-state index contributed by atoms with van der Waals surface area (Å²) < 4.78 is 5.44. The summed E-state index contributed by atoms with van der Waals surface area (Å²) in [4.78, 5) is 19.9. The lowest BCUT2D eigenvalue weighted by Gasteiger charge is -2.17. The Labute approximate surface area is 180 Å². The molecule has 29 heavy (non-hydrogen) atoms. The van der Waals surface area contributed by atoms with Gasteiger partial charge >= 0.3 is 0 Å². The molecule has 0 unspecified atom stereocenters. The normalized spacial score (nSPS) is 17.0. The van der Waals surface area contributed by atoms with Crippen LogP contribution >= 0.6 is 23.4 Å². The van der Waals surface area contributed by atoms with Gasteiger partial charge in [0.25, 0.3) is 5.91 Å². The average Bonchev–Trinajstić information content (AvgIpc) is 2.95. The minimum atomic E-state index is -0.127. The first-order valence-electron chi connectivity index (χ1n) is 9.39. The van der Waals surface area contributed by atoms with Crippen LogP contribution in [0.5, 0.6) is 11.5 Å². The molecule has 0 aliphatic carbocycles. The first-order valence-corrected chi connectivity index (χ1v) is 10.6. The molecule has 1 amide bonds. The van der Waals surface area contributed by atoms with E-state index in [1.165, 1.54) is 11.8 Å². The van der Waals surface area contributed by atoms with Gasteiger partial charge in [0.2, 0.25) is 0 Å². The van der Waals surface area contributed by atoms with E-state index >= 15 is 0 Å². The summed E-state index contributed by atoms with van der Waals surface area (Å²) in [5.41, 5.74) is 1.25. The number of hydrogen-bond donors (Lipinski definition) is 1. The van der Waals surface area contributed by atoms with E-state index in [0.717, 1.165) is 5.69 Å². The first kappa shape index (κ1) is 21.3. The zero-order chi connectivity index (χ0) is 21.0. The Morgan fingerprint density at radius 1 is 1.24 bits per heavy atom. The van der Waals surface area contributed by atoms with Crippen molar-refractivity contribution in [2.45, 2.75) is 20.8 Å². The van der Waals surface area contributed by atoms with Crippen molar-refractivity contribution in [1.29, 1.82) is 0 Å². The summed E-state index contributed by atoms with van der Waals surface area (Å²) in [5.74, 6) is 0.571. The molecular formula is C22H23ClN2O3S. The van der Waals surface area contributed by atoms with Crippen molar-refractivity contribution in [1.82, 2.24) is 4.90 Å². The highest BCUT2D eigenvalue weighted by Crippen LogP contribution is 2.38. The van der Waals surface area contributed by atoms with E-state index in [9.17, 15) is 9.90 Å². The number of rotatable bonds is 6. The number of aromatic hydroxyl groups is 1. The number of amides is 1. The number of halogens is 1. The third kappa shape index (κ3) is 5.14. The molecule has 0 aromatic heterocycles. The number of amidine groups is 1. The highest BCUT2D eigenvalue weighted by molar-refractivity contribution is 8.18. The van der Waals surface area contributed by atoms with Crippen LogP contribution in [0.1, 0.15) is 26.3 Å². The minimum absolute atomic E-state index is 0.0220. The molecule has 5 nitrogen and oxygen atoms in total. The number of ether oxygens (including phenoxy) is 1. The van der Waals surface area contributed by atoms with Crippen molar-refractivity contribution < 1.29 is 14.6 Å². The molecule has 1 aliphatic rings. The van der Waals surface area contributed by atoms with Crippen LogP contribution in [0.3, 0.4) is 0 Å². The maximum atomic E-state index is 13.0. The molecular weight excluding hydrogens is 408 g/mol. The molecule has 1 saturated heterocycles. The number of aliphatic imine (C=N–C) groups is 1. The predicted molar refractivity (Wildman–Crippen MR) is 120 cm³/mol. The Balaban J connectivity index is 1.97. The number of phenols is 1. The summed E-state index contributed by atoms with van der Waals surface area (Å²) in [5, 5.41) is 11.7. The van der Waals surface area contributed by atoms with E-state index in [4.69, 9.17) is 16.3 Å². The summed E-state index contributed by atoms with van der Waals surface area (Å²) >= 11 is 7.24. The number of para-hydroxylation sites is 1. The maximum absolute atomic E-state index is 13.0. The molecule has 0 radical (unpaired) electrons. The van der Waals surface area contributed by atoms with E-state index in [1.807, 2.05) is 19.1 Å². The molecule has 7 heteroatoms. The number of benzene rings is 2. The van der Waals surface area contributed by atoms with E-state index in [2.05, 4.69) is 18.8 Å². The summed E-state index contributed by atoms with van der Waals surface area (Å²) in [6, 6.07) is 12.4. The van der Waals surface area contributed by atoms with Crippen molar-refractivity contribution in [3.8, 4) is 11.5 Å². The molecule has 2 aromatic carbocycles. The molecule has 0 saturated carbocycles. The molecule has 3 rings (SSSR count). The predicted octanol–water partition coefficient (Wildman–Crippen LogP) is 5.70. The van der Waals surface area contributed by atoms with Crippen LogP contribution in [0, 0.1) is 5.92 Å². The van der Waals surface area contributed by atoms with E-state index in [1.54, 1.807) is 41.3 Å². The van der Waals surface area contributed by atoms with E-state index < -0.39 is 0 Å². The Morgan fingerprint density at radius 3 is 2.62 bits per heavy atom. The first-order chi connectivity index (χ1) is 13.9. The largest absolute Gasteiger partial charge is 0.504 e. The third-order valence-electron chi connectivity index (χ3n) is 4.10. The fraction of sp³-hybridized carbons (Fsp3) is 0.273. The molecule has 0 spiro atoms. The second-order valence-corrected chi connectivity index (χ2v) is 8.36. The second-order valence-electron chi connectivity index (χ2n) is 6.92. The lowest BCUT2D eigenvalue weighted by atomic mass is 10.1. The number of thioether (sulfide) groups is 1. The van der Waals surface area contributed by atoms with Crippen molar-refractivity contribution in [2.24, 2.45) is 10.9 Å². The maximum Gasteiger partial charge on any atom is 0.266 e. The second kappa shape index (κ2) is 9.37. The lowest BCUT2D eigenvalue weighted by Crippen LogP contribution is -2.32. The van der Waals surface area contributed by atoms with Gasteiger partial charge in [-0.3, -0.25) is 9.69 Å². The van der Waals surface area contributed by atoms with Crippen LogP contribution in [-0.4, -0.2) is 34.2 Å². The lowest BCUT2D eigenvalue weighted by molar-refractivity contribution is -0.122. The number of carbonyl (C=O) groups is 1. The third-order valence-corrected chi connectivity index (χ3v) is 5.36. The molecule has 152 valence electrons. The van der Waals surface area contributed by atoms with Crippen LogP contribution in [0.2, 0.25) is 5.02 Å². The molecule has 1 N–H and O–H groups in total. The average molecular weight is 431 g/mol. The topological polar surface area (TPSA) is 62.1 Å². The van der Waals surface area contributed by atoms with Gasteiger partial charge in [0.15, 0.2) is 16.7 Å². The van der Waals surface area contributed by atoms with Gasteiger partial charge in [0.05, 0.1) is 17.2 Å². The van der Waals surface area contributed by atoms with Crippen molar-refractivity contribution in [3.05, 3.63) is 58.0 Å². The fourth-order valence-electron chi connectivity index (χ4n) is 2.81. The molecule has 2 aromatic rings. The van der Waals surface area contributed by atoms with Gasteiger partial charge in [0.1, 0.15) is 0 Å². The Morgan fingerprint density at radius 2 is 1.97 bits per heavy atom. The van der Waals surface area contributed by atoms with Gasteiger partial charge in [-0.15, -0.1) is 0 Å². The van der Waals surface area contributed by atoms with Crippen molar-refractivity contribution >= 4 is 46.2 Å². The van der Waals surface area contributed by atoms with Crippen LogP contribution < -0.4 is 4.74 Å². The van der Waals surface area contributed by atoms with Crippen LogP contribution in [0.15, 0.2) is 52.4 Å². The summed E-state index contributed by atoms with van der Waals surface area (Å²) in [6.45, 7) is 6.96. The number of carbonyl (C=O) groups excluding carboxylic acids is 1. The Bertz CT molecular complexity index is 955. The summed E-state index contributed by atoms with van der Waals surface area (Å²) in [6.07, 6.45) is 1.68. The van der Waals surface area contributed by atoms with Crippen molar-refractivity contribution in [3.63, 3.8) is 0 Å².